The normalized spacial score (nSPS) is 15.9. The standard InChI is InChI=1S/C19H21ClN2O2/c1-24-17-9-8-15(12-16(17)21)22-18(23)19(10-2-3-11-19)13-4-6-14(20)7-5-13/h4-9,12H,2-3,10-11,21H2,1H3,(H,22,23). The quantitative estimate of drug-likeness (QED) is 0.809. The molecule has 24 heavy (non-hydrogen) atoms. The van der Waals surface area contributed by atoms with Crippen LogP contribution in [0, 0.1) is 0 Å². The van der Waals surface area contributed by atoms with E-state index in [4.69, 9.17) is 22.1 Å². The van der Waals surface area contributed by atoms with Gasteiger partial charge >= 0.3 is 0 Å². The summed E-state index contributed by atoms with van der Waals surface area (Å²) >= 11 is 5.99. The highest BCUT2D eigenvalue weighted by atomic mass is 35.5. The molecule has 1 fully saturated rings. The molecule has 0 atom stereocenters. The van der Waals surface area contributed by atoms with Gasteiger partial charge in [0.1, 0.15) is 5.75 Å². The van der Waals surface area contributed by atoms with Crippen molar-refractivity contribution in [3.8, 4) is 5.75 Å². The SMILES string of the molecule is COc1ccc(NC(=O)C2(c3ccc(Cl)cc3)CCCC2)cc1N. The van der Waals surface area contributed by atoms with Crippen LogP contribution in [-0.2, 0) is 10.2 Å². The van der Waals surface area contributed by atoms with Gasteiger partial charge in [-0.1, -0.05) is 36.6 Å². The van der Waals surface area contributed by atoms with Crippen molar-refractivity contribution in [2.45, 2.75) is 31.1 Å². The average molecular weight is 345 g/mol. The van der Waals surface area contributed by atoms with Gasteiger partial charge in [0, 0.05) is 10.7 Å². The topological polar surface area (TPSA) is 64.3 Å². The number of methoxy groups -OCH3 is 1. The smallest absolute Gasteiger partial charge is 0.235 e. The van der Waals surface area contributed by atoms with Gasteiger partial charge < -0.3 is 15.8 Å². The molecule has 1 amide bonds. The lowest BCUT2D eigenvalue weighted by atomic mass is 9.78. The first-order valence-electron chi connectivity index (χ1n) is 8.06. The molecule has 0 radical (unpaired) electrons. The summed E-state index contributed by atoms with van der Waals surface area (Å²) in [5.74, 6) is 0.605. The third-order valence-corrected chi connectivity index (χ3v) is 5.03. The van der Waals surface area contributed by atoms with Crippen molar-refractivity contribution in [3.63, 3.8) is 0 Å². The molecule has 4 nitrogen and oxygen atoms in total. The fourth-order valence-electron chi connectivity index (χ4n) is 3.46. The second-order valence-corrected chi connectivity index (χ2v) is 6.64. The molecule has 1 aliphatic carbocycles. The van der Waals surface area contributed by atoms with Crippen LogP contribution in [0.25, 0.3) is 0 Å². The summed E-state index contributed by atoms with van der Waals surface area (Å²) in [6, 6.07) is 12.9. The van der Waals surface area contributed by atoms with E-state index in [0.717, 1.165) is 31.2 Å². The lowest BCUT2D eigenvalue weighted by Gasteiger charge is -2.28. The van der Waals surface area contributed by atoms with E-state index in [-0.39, 0.29) is 5.91 Å². The van der Waals surface area contributed by atoms with E-state index >= 15 is 0 Å². The molecule has 126 valence electrons. The van der Waals surface area contributed by atoms with Crippen LogP contribution in [0.15, 0.2) is 42.5 Å². The van der Waals surface area contributed by atoms with Gasteiger partial charge in [0.25, 0.3) is 0 Å². The number of benzene rings is 2. The summed E-state index contributed by atoms with van der Waals surface area (Å²) in [5, 5.41) is 3.70. The molecule has 0 aliphatic heterocycles. The molecular weight excluding hydrogens is 324 g/mol. The molecule has 0 unspecified atom stereocenters. The van der Waals surface area contributed by atoms with Gasteiger partial charge in [-0.2, -0.15) is 0 Å². The molecule has 1 saturated carbocycles. The molecule has 0 saturated heterocycles. The van der Waals surface area contributed by atoms with Crippen molar-refractivity contribution in [1.82, 2.24) is 0 Å². The Morgan fingerprint density at radius 3 is 2.42 bits per heavy atom. The van der Waals surface area contributed by atoms with E-state index in [9.17, 15) is 4.79 Å². The van der Waals surface area contributed by atoms with Crippen molar-refractivity contribution in [2.75, 3.05) is 18.2 Å². The van der Waals surface area contributed by atoms with Crippen LogP contribution in [0.4, 0.5) is 11.4 Å². The molecule has 2 aromatic carbocycles. The summed E-state index contributed by atoms with van der Waals surface area (Å²) in [5.41, 5.74) is 7.63. The maximum Gasteiger partial charge on any atom is 0.235 e. The van der Waals surface area contributed by atoms with Gasteiger partial charge in [0.05, 0.1) is 18.2 Å². The molecule has 0 aromatic heterocycles. The number of nitrogen functional groups attached to an aromatic ring is 1. The first kappa shape index (κ1) is 16.7. The second-order valence-electron chi connectivity index (χ2n) is 6.21. The van der Waals surface area contributed by atoms with Gasteiger partial charge in [-0.25, -0.2) is 0 Å². The lowest BCUT2D eigenvalue weighted by molar-refractivity contribution is -0.121. The van der Waals surface area contributed by atoms with Crippen LogP contribution in [0.3, 0.4) is 0 Å². The van der Waals surface area contributed by atoms with E-state index in [2.05, 4.69) is 5.32 Å². The van der Waals surface area contributed by atoms with E-state index in [1.807, 2.05) is 24.3 Å². The van der Waals surface area contributed by atoms with E-state index in [1.54, 1.807) is 25.3 Å². The monoisotopic (exact) mass is 344 g/mol. The minimum atomic E-state index is -0.501. The van der Waals surface area contributed by atoms with Gasteiger partial charge in [-0.05, 0) is 48.7 Å². The first-order chi connectivity index (χ1) is 11.5. The summed E-state index contributed by atoms with van der Waals surface area (Å²) in [4.78, 5) is 13.1. The summed E-state index contributed by atoms with van der Waals surface area (Å²) in [6.07, 6.45) is 3.76. The van der Waals surface area contributed by atoms with Crippen LogP contribution in [-0.4, -0.2) is 13.0 Å². The van der Waals surface area contributed by atoms with Gasteiger partial charge in [0.15, 0.2) is 0 Å². The highest BCUT2D eigenvalue weighted by molar-refractivity contribution is 6.30. The fraction of sp³-hybridized carbons (Fsp3) is 0.316. The molecule has 0 bridgehead atoms. The first-order valence-corrected chi connectivity index (χ1v) is 8.44. The Bertz CT molecular complexity index is 738. The Kier molecular flexibility index (Phi) is 4.67. The number of rotatable bonds is 4. The Morgan fingerprint density at radius 2 is 1.83 bits per heavy atom. The molecule has 3 N–H and O–H groups in total. The fourth-order valence-corrected chi connectivity index (χ4v) is 3.58. The molecule has 3 rings (SSSR count). The van der Waals surface area contributed by atoms with Crippen LogP contribution < -0.4 is 15.8 Å². The van der Waals surface area contributed by atoms with Crippen LogP contribution in [0.5, 0.6) is 5.75 Å². The predicted molar refractivity (Wildman–Crippen MR) is 97.6 cm³/mol. The van der Waals surface area contributed by atoms with Gasteiger partial charge in [-0.15, -0.1) is 0 Å². The zero-order valence-electron chi connectivity index (χ0n) is 13.6. The predicted octanol–water partition coefficient (Wildman–Crippen LogP) is 4.38. The van der Waals surface area contributed by atoms with Crippen LogP contribution in [0.2, 0.25) is 5.02 Å². The number of nitrogens with two attached hydrogens (primary N) is 1. The number of ether oxygens (including phenoxy) is 1. The Morgan fingerprint density at radius 1 is 1.17 bits per heavy atom. The van der Waals surface area contributed by atoms with E-state index < -0.39 is 5.41 Å². The average Bonchev–Trinajstić information content (AvgIpc) is 3.07. The molecule has 0 heterocycles. The highest BCUT2D eigenvalue weighted by Gasteiger charge is 2.42. The number of carbonyl (C=O) groups is 1. The van der Waals surface area contributed by atoms with Crippen molar-refractivity contribution in [3.05, 3.63) is 53.1 Å². The summed E-state index contributed by atoms with van der Waals surface area (Å²) in [7, 11) is 1.57. The molecule has 1 aliphatic rings. The van der Waals surface area contributed by atoms with Gasteiger partial charge in [-0.3, -0.25) is 4.79 Å². The van der Waals surface area contributed by atoms with Crippen LogP contribution >= 0.6 is 11.6 Å². The number of hydrogen-bond donors (Lipinski definition) is 2. The van der Waals surface area contributed by atoms with Crippen LogP contribution in [0.1, 0.15) is 31.2 Å². The number of hydrogen-bond acceptors (Lipinski definition) is 3. The minimum absolute atomic E-state index is 0.00638. The third kappa shape index (κ3) is 3.06. The number of anilines is 2. The number of nitrogens with one attached hydrogen (secondary N) is 1. The van der Waals surface area contributed by atoms with E-state index in [1.165, 1.54) is 0 Å². The maximum absolute atomic E-state index is 13.1. The second kappa shape index (κ2) is 6.73. The van der Waals surface area contributed by atoms with Crippen molar-refractivity contribution in [1.29, 1.82) is 0 Å². The Hall–Kier alpha value is -2.20. The maximum atomic E-state index is 13.1. The number of halogens is 1. The summed E-state index contributed by atoms with van der Waals surface area (Å²) < 4.78 is 5.15. The lowest BCUT2D eigenvalue weighted by Crippen LogP contribution is -2.38. The highest BCUT2D eigenvalue weighted by Crippen LogP contribution is 2.42. The third-order valence-electron chi connectivity index (χ3n) is 4.78. The number of amides is 1. The summed E-state index contributed by atoms with van der Waals surface area (Å²) in [6.45, 7) is 0. The zero-order chi connectivity index (χ0) is 17.2. The van der Waals surface area contributed by atoms with Crippen molar-refractivity contribution < 1.29 is 9.53 Å². The zero-order valence-corrected chi connectivity index (χ0v) is 14.4. The minimum Gasteiger partial charge on any atom is -0.495 e. The Balaban J connectivity index is 1.88. The van der Waals surface area contributed by atoms with Crippen molar-refractivity contribution >= 4 is 28.9 Å². The molecule has 2 aromatic rings. The number of carbonyl (C=O) groups excluding carboxylic acids is 1. The Labute approximate surface area is 147 Å². The molecule has 5 heteroatoms. The molecular formula is C19H21ClN2O2. The van der Waals surface area contributed by atoms with Crippen molar-refractivity contribution in [2.24, 2.45) is 0 Å². The largest absolute Gasteiger partial charge is 0.495 e. The van der Waals surface area contributed by atoms with E-state index in [0.29, 0.717) is 22.1 Å². The van der Waals surface area contributed by atoms with Gasteiger partial charge in [0.2, 0.25) is 5.91 Å². The molecule has 0 spiro atoms.